The van der Waals surface area contributed by atoms with Gasteiger partial charge < -0.3 is 0 Å². The molecule has 0 aliphatic carbocycles. The minimum Gasteiger partial charge on any atom is -0.299 e. The second-order valence-corrected chi connectivity index (χ2v) is 8.39. The first kappa shape index (κ1) is 29.2. The van der Waals surface area contributed by atoms with Gasteiger partial charge in [-0.25, -0.2) is 11.7 Å². The van der Waals surface area contributed by atoms with Gasteiger partial charge in [-0.3, -0.25) is 30.0 Å². The van der Waals surface area contributed by atoms with E-state index in [0.717, 1.165) is 51.4 Å². The molecule has 8 nitrogen and oxygen atoms in total. The molecule has 0 fully saturated rings. The highest BCUT2D eigenvalue weighted by molar-refractivity contribution is 6.07. The number of nitrogens with one attached hydrogen (secondary N) is 2. The summed E-state index contributed by atoms with van der Waals surface area (Å²) in [4.78, 5) is 49.9. The van der Waals surface area contributed by atoms with Crippen LogP contribution in [-0.2, 0) is 19.2 Å². The molecule has 8 heteroatoms. The van der Waals surface area contributed by atoms with Crippen LogP contribution >= 0.6 is 0 Å². The Balaban J connectivity index is 5.47. The average Bonchev–Trinajstić information content (AvgIpc) is 2.77. The van der Waals surface area contributed by atoms with Gasteiger partial charge in [0.2, 0.25) is 11.8 Å². The van der Waals surface area contributed by atoms with Gasteiger partial charge >= 0.3 is 0 Å². The predicted octanol–water partition coefficient (Wildman–Crippen LogP) is 3.37. The number of nitrogens with two attached hydrogens (primary N) is 2. The number of carbonyl (C=O) groups is 4. The van der Waals surface area contributed by atoms with Crippen LogP contribution in [0.1, 0.15) is 117 Å². The molecule has 0 aliphatic rings. The Morgan fingerprint density at radius 3 is 1.29 bits per heavy atom. The van der Waals surface area contributed by atoms with E-state index in [1.54, 1.807) is 0 Å². The van der Waals surface area contributed by atoms with E-state index in [-0.39, 0.29) is 36.2 Å². The number of amides is 2. The van der Waals surface area contributed by atoms with E-state index in [1.165, 1.54) is 0 Å². The molecule has 0 atom stereocenters. The number of hydrazine groups is 2. The maximum absolute atomic E-state index is 13.4. The van der Waals surface area contributed by atoms with Gasteiger partial charge in [-0.2, -0.15) is 0 Å². The van der Waals surface area contributed by atoms with Gasteiger partial charge in [0.05, 0.1) is 5.41 Å². The number of unbranched alkanes of at least 4 members (excludes halogenated alkanes) is 6. The molecule has 0 heterocycles. The number of rotatable bonds is 20. The van der Waals surface area contributed by atoms with Crippen LogP contribution < -0.4 is 22.5 Å². The van der Waals surface area contributed by atoms with Gasteiger partial charge in [0.25, 0.3) is 0 Å². The van der Waals surface area contributed by atoms with E-state index in [4.69, 9.17) is 11.7 Å². The molecule has 0 spiro atoms. The summed E-state index contributed by atoms with van der Waals surface area (Å²) in [6.07, 6.45) is 10.1. The molecule has 0 aromatic carbocycles. The van der Waals surface area contributed by atoms with Crippen molar-refractivity contribution in [2.45, 2.75) is 117 Å². The van der Waals surface area contributed by atoms with Crippen molar-refractivity contribution in [1.82, 2.24) is 10.9 Å². The fourth-order valence-electron chi connectivity index (χ4n) is 3.99. The van der Waals surface area contributed by atoms with Crippen LogP contribution in [0, 0.1) is 5.41 Å². The summed E-state index contributed by atoms with van der Waals surface area (Å²) in [6, 6.07) is 0. The van der Waals surface area contributed by atoms with Crippen molar-refractivity contribution in [3.63, 3.8) is 0 Å². The van der Waals surface area contributed by atoms with E-state index < -0.39 is 5.41 Å². The first-order valence-corrected chi connectivity index (χ1v) is 11.9. The molecule has 0 aromatic heterocycles. The van der Waals surface area contributed by atoms with E-state index >= 15 is 0 Å². The quantitative estimate of drug-likeness (QED) is 0.0751. The third kappa shape index (κ3) is 12.0. The summed E-state index contributed by atoms with van der Waals surface area (Å²) < 4.78 is 0. The van der Waals surface area contributed by atoms with Gasteiger partial charge in [0.15, 0.2) is 0 Å². The van der Waals surface area contributed by atoms with Crippen LogP contribution in [0.3, 0.4) is 0 Å². The molecular formula is C23H44N4O4. The molecular weight excluding hydrogens is 396 g/mol. The highest BCUT2D eigenvalue weighted by Gasteiger charge is 2.42. The first-order chi connectivity index (χ1) is 14.9. The van der Waals surface area contributed by atoms with Crippen molar-refractivity contribution in [1.29, 1.82) is 0 Å². The largest absolute Gasteiger partial charge is 0.299 e. The number of ketones is 2. The van der Waals surface area contributed by atoms with Crippen molar-refractivity contribution in [3.05, 3.63) is 0 Å². The Hall–Kier alpha value is -1.80. The van der Waals surface area contributed by atoms with Crippen LogP contribution in [0.4, 0.5) is 0 Å². The molecule has 0 saturated heterocycles. The van der Waals surface area contributed by atoms with E-state index in [1.807, 2.05) is 0 Å². The summed E-state index contributed by atoms with van der Waals surface area (Å²) in [5.74, 6) is 9.60. The van der Waals surface area contributed by atoms with Crippen LogP contribution in [0.15, 0.2) is 0 Å². The molecule has 0 rings (SSSR count). The molecule has 0 saturated carbocycles. The monoisotopic (exact) mass is 440 g/mol. The number of hydrogen-bond donors (Lipinski definition) is 4. The molecule has 0 aromatic rings. The van der Waals surface area contributed by atoms with Crippen molar-refractivity contribution >= 4 is 23.4 Å². The smallest absolute Gasteiger partial charge is 0.233 e. The lowest BCUT2D eigenvalue weighted by Crippen LogP contribution is -2.40. The summed E-state index contributed by atoms with van der Waals surface area (Å²) >= 11 is 0. The zero-order valence-corrected chi connectivity index (χ0v) is 19.6. The van der Waals surface area contributed by atoms with Gasteiger partial charge in [0, 0.05) is 25.7 Å². The number of hydrogen-bond acceptors (Lipinski definition) is 6. The summed E-state index contributed by atoms with van der Waals surface area (Å²) in [5.41, 5.74) is 3.06. The standard InChI is InChI=1S/C23H44N4O4/c1-3-5-7-9-13-19(28)23(17-11-15-21(30)26-24,18-12-16-22(31)27-25)20(29)14-10-8-6-4-2/h3-18,24-25H2,1-2H3,(H,26,30)(H,27,31). The molecule has 6 N–H and O–H groups in total. The van der Waals surface area contributed by atoms with E-state index in [2.05, 4.69) is 24.7 Å². The summed E-state index contributed by atoms with van der Waals surface area (Å²) in [6.45, 7) is 4.22. The van der Waals surface area contributed by atoms with Crippen molar-refractivity contribution < 1.29 is 19.2 Å². The molecule has 2 amide bonds. The average molecular weight is 441 g/mol. The fraction of sp³-hybridized carbons (Fsp3) is 0.826. The minimum atomic E-state index is -1.14. The third-order valence-electron chi connectivity index (χ3n) is 5.92. The highest BCUT2D eigenvalue weighted by Crippen LogP contribution is 2.37. The lowest BCUT2D eigenvalue weighted by atomic mass is 9.69. The van der Waals surface area contributed by atoms with E-state index in [0.29, 0.717) is 38.5 Å². The Morgan fingerprint density at radius 1 is 0.581 bits per heavy atom. The van der Waals surface area contributed by atoms with Crippen molar-refractivity contribution in [3.8, 4) is 0 Å². The second-order valence-electron chi connectivity index (χ2n) is 8.39. The SMILES string of the molecule is CCCCCCC(=O)C(CCCC(=O)NN)(CCCC(=O)NN)C(=O)CCCCCC. The maximum Gasteiger partial charge on any atom is 0.233 e. The number of carbonyl (C=O) groups excluding carboxylic acids is 4. The molecule has 180 valence electrons. The normalized spacial score (nSPS) is 11.2. The Morgan fingerprint density at radius 2 is 0.968 bits per heavy atom. The van der Waals surface area contributed by atoms with Crippen molar-refractivity contribution in [2.75, 3.05) is 0 Å². The van der Waals surface area contributed by atoms with Crippen molar-refractivity contribution in [2.24, 2.45) is 17.1 Å². The molecule has 0 unspecified atom stereocenters. The predicted molar refractivity (Wildman–Crippen MR) is 122 cm³/mol. The third-order valence-corrected chi connectivity index (χ3v) is 5.92. The number of Topliss-reactive ketones (excluding diaryl/α,β-unsaturated/α-hetero) is 2. The first-order valence-electron chi connectivity index (χ1n) is 11.9. The molecule has 0 radical (unpaired) electrons. The zero-order valence-electron chi connectivity index (χ0n) is 19.6. The fourth-order valence-corrected chi connectivity index (χ4v) is 3.99. The minimum absolute atomic E-state index is 0.0505. The van der Waals surface area contributed by atoms with Gasteiger partial charge in [-0.1, -0.05) is 52.4 Å². The molecule has 31 heavy (non-hydrogen) atoms. The van der Waals surface area contributed by atoms with Gasteiger partial charge in [0.1, 0.15) is 11.6 Å². The summed E-state index contributed by atoms with van der Waals surface area (Å²) in [7, 11) is 0. The zero-order chi connectivity index (χ0) is 23.5. The van der Waals surface area contributed by atoms with E-state index in [9.17, 15) is 19.2 Å². The van der Waals surface area contributed by atoms with Crippen LogP contribution in [0.5, 0.6) is 0 Å². The maximum atomic E-state index is 13.4. The van der Waals surface area contributed by atoms with Crippen LogP contribution in [0.25, 0.3) is 0 Å². The lowest BCUT2D eigenvalue weighted by Gasteiger charge is -2.31. The Kier molecular flexibility index (Phi) is 16.8. The van der Waals surface area contributed by atoms with Crippen LogP contribution in [-0.4, -0.2) is 23.4 Å². The Bertz CT molecular complexity index is 504. The van der Waals surface area contributed by atoms with Gasteiger partial charge in [-0.05, 0) is 38.5 Å². The Labute approximate surface area is 187 Å². The summed E-state index contributed by atoms with van der Waals surface area (Å²) in [5, 5.41) is 0. The van der Waals surface area contributed by atoms with Gasteiger partial charge in [-0.15, -0.1) is 0 Å². The topological polar surface area (TPSA) is 144 Å². The highest BCUT2D eigenvalue weighted by atomic mass is 16.2. The molecule has 0 bridgehead atoms. The second kappa shape index (κ2) is 17.8. The molecule has 0 aliphatic heterocycles. The van der Waals surface area contributed by atoms with Crippen LogP contribution in [0.2, 0.25) is 0 Å². The lowest BCUT2D eigenvalue weighted by molar-refractivity contribution is -0.143.